The molecule has 0 unspecified atom stereocenters. The van der Waals surface area contributed by atoms with Crippen molar-refractivity contribution < 1.29 is 22.7 Å². The van der Waals surface area contributed by atoms with E-state index in [9.17, 15) is 18.0 Å². The van der Waals surface area contributed by atoms with Gasteiger partial charge in [0.15, 0.2) is 0 Å². The van der Waals surface area contributed by atoms with Crippen LogP contribution in [-0.4, -0.2) is 38.6 Å². The summed E-state index contributed by atoms with van der Waals surface area (Å²) < 4.78 is 46.1. The van der Waals surface area contributed by atoms with Crippen LogP contribution in [0, 0.1) is 0 Å². The van der Waals surface area contributed by atoms with Gasteiger partial charge in [-0.1, -0.05) is 0 Å². The summed E-state index contributed by atoms with van der Waals surface area (Å²) in [6.45, 7) is 0.722. The summed E-state index contributed by atoms with van der Waals surface area (Å²) in [7, 11) is 0. The van der Waals surface area contributed by atoms with Crippen molar-refractivity contribution >= 4 is 16.9 Å². The molecule has 1 N–H and O–H groups in total. The minimum absolute atomic E-state index is 0.180. The van der Waals surface area contributed by atoms with Crippen LogP contribution in [0.25, 0.3) is 11.0 Å². The van der Waals surface area contributed by atoms with Crippen LogP contribution in [0.4, 0.5) is 13.2 Å². The molecule has 2 aromatic heterocycles. The van der Waals surface area contributed by atoms with E-state index in [0.29, 0.717) is 17.9 Å². The number of nitrogens with one attached hydrogen (secondary N) is 1. The van der Waals surface area contributed by atoms with Crippen LogP contribution in [0.3, 0.4) is 0 Å². The van der Waals surface area contributed by atoms with Gasteiger partial charge >= 0.3 is 6.18 Å². The SMILES string of the molecule is O=C(NC[C@H]1COCc2nc3cc(C(F)(F)F)ccc3n21)c1cnccn1. The average Bonchev–Trinajstić information content (AvgIpc) is 3.04. The van der Waals surface area contributed by atoms with Crippen molar-refractivity contribution in [2.45, 2.75) is 18.8 Å². The zero-order valence-corrected chi connectivity index (χ0v) is 13.9. The van der Waals surface area contributed by atoms with Crippen LogP contribution < -0.4 is 5.32 Å². The lowest BCUT2D eigenvalue weighted by atomic mass is 10.2. The molecule has 1 aliphatic heterocycles. The van der Waals surface area contributed by atoms with Crippen molar-refractivity contribution in [1.82, 2.24) is 24.8 Å². The highest BCUT2D eigenvalue weighted by molar-refractivity contribution is 5.91. The molecule has 0 saturated carbocycles. The van der Waals surface area contributed by atoms with E-state index in [0.717, 1.165) is 12.1 Å². The third-order valence-electron chi connectivity index (χ3n) is 4.29. The van der Waals surface area contributed by atoms with E-state index in [1.807, 2.05) is 4.57 Å². The smallest absolute Gasteiger partial charge is 0.371 e. The maximum atomic E-state index is 12.9. The number of fused-ring (bicyclic) bond motifs is 3. The molecular formula is C17H14F3N5O2. The molecule has 0 fully saturated rings. The molecule has 3 aromatic rings. The molecular weight excluding hydrogens is 363 g/mol. The Hall–Kier alpha value is -3.01. The molecule has 0 radical (unpaired) electrons. The summed E-state index contributed by atoms with van der Waals surface area (Å²) in [4.78, 5) is 24.2. The van der Waals surface area contributed by atoms with Crippen LogP contribution in [0.5, 0.6) is 0 Å². The standard InChI is InChI=1S/C17H14F3N5O2/c18-17(19,20)10-1-2-14-12(5-10)24-15-9-27-8-11(25(14)15)6-23-16(26)13-7-21-3-4-22-13/h1-5,7,11H,6,8-9H2,(H,23,26)/t11-/m0/s1. The Morgan fingerprint density at radius 1 is 1.33 bits per heavy atom. The lowest BCUT2D eigenvalue weighted by Gasteiger charge is -2.26. The molecule has 0 aliphatic carbocycles. The molecule has 0 bridgehead atoms. The Bertz CT molecular complexity index is 987. The fraction of sp³-hybridized carbons (Fsp3) is 0.294. The zero-order chi connectivity index (χ0) is 19.0. The van der Waals surface area contributed by atoms with Crippen LogP contribution in [0.1, 0.15) is 27.9 Å². The highest BCUT2D eigenvalue weighted by Crippen LogP contribution is 2.33. The lowest BCUT2D eigenvalue weighted by Crippen LogP contribution is -2.36. The molecule has 0 spiro atoms. The number of halogens is 3. The first-order chi connectivity index (χ1) is 12.9. The highest BCUT2D eigenvalue weighted by atomic mass is 19.4. The average molecular weight is 377 g/mol. The number of alkyl halides is 3. The van der Waals surface area contributed by atoms with E-state index in [4.69, 9.17) is 4.74 Å². The quantitative estimate of drug-likeness (QED) is 0.758. The summed E-state index contributed by atoms with van der Waals surface area (Å²) in [6.07, 6.45) is -0.203. The second-order valence-corrected chi connectivity index (χ2v) is 6.07. The number of benzene rings is 1. The van der Waals surface area contributed by atoms with Gasteiger partial charge in [0.1, 0.15) is 18.1 Å². The van der Waals surface area contributed by atoms with Crippen molar-refractivity contribution in [2.75, 3.05) is 13.2 Å². The molecule has 27 heavy (non-hydrogen) atoms. The number of rotatable bonds is 3. The van der Waals surface area contributed by atoms with Gasteiger partial charge in [0, 0.05) is 18.9 Å². The minimum atomic E-state index is -4.43. The molecule has 1 aliphatic rings. The molecule has 1 aromatic carbocycles. The van der Waals surface area contributed by atoms with Crippen LogP contribution >= 0.6 is 0 Å². The third-order valence-corrected chi connectivity index (χ3v) is 4.29. The van der Waals surface area contributed by atoms with Gasteiger partial charge in [-0.05, 0) is 18.2 Å². The normalized spacial score (nSPS) is 16.9. The number of hydrogen-bond donors (Lipinski definition) is 1. The summed E-state index contributed by atoms with van der Waals surface area (Å²) in [6, 6.07) is 3.16. The molecule has 10 heteroatoms. The Balaban J connectivity index is 1.60. The molecule has 7 nitrogen and oxygen atoms in total. The van der Waals surface area contributed by atoms with Gasteiger partial charge in [-0.3, -0.25) is 9.78 Å². The first kappa shape index (κ1) is 17.4. The first-order valence-corrected chi connectivity index (χ1v) is 8.13. The van der Waals surface area contributed by atoms with Crippen LogP contribution in [-0.2, 0) is 17.5 Å². The molecule has 1 atom stereocenters. The van der Waals surface area contributed by atoms with Crippen molar-refractivity contribution in [3.05, 3.63) is 53.9 Å². The van der Waals surface area contributed by atoms with Crippen LogP contribution in [0.15, 0.2) is 36.8 Å². The predicted octanol–water partition coefficient (Wildman–Crippen LogP) is 2.35. The second-order valence-electron chi connectivity index (χ2n) is 6.07. The Labute approximate surface area is 151 Å². The van der Waals surface area contributed by atoms with E-state index in [2.05, 4.69) is 20.3 Å². The lowest BCUT2D eigenvalue weighted by molar-refractivity contribution is -0.137. The number of ether oxygens (including phenoxy) is 1. The topological polar surface area (TPSA) is 81.9 Å². The number of carbonyl (C=O) groups is 1. The maximum absolute atomic E-state index is 12.9. The third kappa shape index (κ3) is 3.35. The number of nitrogens with zero attached hydrogens (tertiary/aromatic N) is 4. The second kappa shape index (κ2) is 6.62. The van der Waals surface area contributed by atoms with E-state index in [-0.39, 0.29) is 36.3 Å². The number of amides is 1. The zero-order valence-electron chi connectivity index (χ0n) is 13.9. The van der Waals surface area contributed by atoms with Crippen molar-refractivity contribution in [3.63, 3.8) is 0 Å². The van der Waals surface area contributed by atoms with Crippen molar-refractivity contribution in [1.29, 1.82) is 0 Å². The molecule has 3 heterocycles. The summed E-state index contributed by atoms with van der Waals surface area (Å²) in [5, 5.41) is 2.75. The summed E-state index contributed by atoms with van der Waals surface area (Å²) in [5.74, 6) is 0.133. The number of hydrogen-bond acceptors (Lipinski definition) is 5. The van der Waals surface area contributed by atoms with E-state index < -0.39 is 11.7 Å². The van der Waals surface area contributed by atoms with Gasteiger partial charge in [0.2, 0.25) is 0 Å². The summed E-state index contributed by atoms with van der Waals surface area (Å²) >= 11 is 0. The highest BCUT2D eigenvalue weighted by Gasteiger charge is 2.32. The number of imidazole rings is 1. The van der Waals surface area contributed by atoms with Gasteiger partial charge in [0.25, 0.3) is 5.91 Å². The monoisotopic (exact) mass is 377 g/mol. The number of aromatic nitrogens is 4. The molecule has 140 valence electrons. The van der Waals surface area contributed by atoms with Crippen LogP contribution in [0.2, 0.25) is 0 Å². The number of carbonyl (C=O) groups excluding carboxylic acids is 1. The van der Waals surface area contributed by atoms with Gasteiger partial charge < -0.3 is 14.6 Å². The van der Waals surface area contributed by atoms with E-state index in [1.165, 1.54) is 24.7 Å². The van der Waals surface area contributed by atoms with E-state index in [1.54, 1.807) is 0 Å². The van der Waals surface area contributed by atoms with Gasteiger partial charge in [0.05, 0.1) is 35.4 Å². The van der Waals surface area contributed by atoms with Crippen molar-refractivity contribution in [2.24, 2.45) is 0 Å². The Morgan fingerprint density at radius 2 is 2.19 bits per heavy atom. The summed E-state index contributed by atoms with van der Waals surface area (Å²) in [5.41, 5.74) is 0.245. The first-order valence-electron chi connectivity index (χ1n) is 8.13. The molecule has 0 saturated heterocycles. The Morgan fingerprint density at radius 3 is 2.93 bits per heavy atom. The molecule has 4 rings (SSSR count). The van der Waals surface area contributed by atoms with Gasteiger partial charge in [-0.2, -0.15) is 13.2 Å². The van der Waals surface area contributed by atoms with Gasteiger partial charge in [-0.15, -0.1) is 0 Å². The minimum Gasteiger partial charge on any atom is -0.371 e. The Kier molecular flexibility index (Phi) is 4.27. The fourth-order valence-electron chi connectivity index (χ4n) is 3.06. The maximum Gasteiger partial charge on any atom is 0.416 e. The predicted molar refractivity (Wildman–Crippen MR) is 87.8 cm³/mol. The molecule has 1 amide bonds. The fourth-order valence-corrected chi connectivity index (χ4v) is 3.06. The van der Waals surface area contributed by atoms with Gasteiger partial charge in [-0.25, -0.2) is 9.97 Å². The van der Waals surface area contributed by atoms with E-state index >= 15 is 0 Å². The van der Waals surface area contributed by atoms with Crippen molar-refractivity contribution in [3.8, 4) is 0 Å². The largest absolute Gasteiger partial charge is 0.416 e.